The van der Waals surface area contributed by atoms with Crippen LogP contribution in [0.5, 0.6) is 0 Å². The molecule has 1 aromatic heterocycles. The van der Waals surface area contributed by atoms with E-state index < -0.39 is 0 Å². The summed E-state index contributed by atoms with van der Waals surface area (Å²) in [6.07, 6.45) is 3.05. The van der Waals surface area contributed by atoms with Crippen molar-refractivity contribution < 1.29 is 9.59 Å². The van der Waals surface area contributed by atoms with Crippen LogP contribution in [0, 0.1) is 19.8 Å². The van der Waals surface area contributed by atoms with Gasteiger partial charge in [0.15, 0.2) is 5.78 Å². The maximum absolute atomic E-state index is 13.4. The van der Waals surface area contributed by atoms with E-state index in [1.807, 2.05) is 51.1 Å². The summed E-state index contributed by atoms with van der Waals surface area (Å²) in [5.41, 5.74) is 6.15. The number of allylic oxidation sites excluding steroid dienone is 3. The molecule has 1 aromatic carbocycles. The second-order valence-corrected chi connectivity index (χ2v) is 8.51. The van der Waals surface area contributed by atoms with Gasteiger partial charge in [-0.1, -0.05) is 42.8 Å². The Hall–Kier alpha value is -3.21. The SMILES string of the molecule is CC1=C(C(=O)Nc2ccc(C)cn2)C(c2ccc(C)cc2)C2=C(CC(C)CC2=O)N1. The fourth-order valence-electron chi connectivity index (χ4n) is 4.35. The van der Waals surface area contributed by atoms with Gasteiger partial charge in [-0.2, -0.15) is 0 Å². The number of amides is 1. The number of carbonyl (C=O) groups excluding carboxylic acids is 2. The molecule has 0 radical (unpaired) electrons. The Balaban J connectivity index is 1.78. The quantitative estimate of drug-likeness (QED) is 0.791. The number of ketones is 1. The van der Waals surface area contributed by atoms with Gasteiger partial charge in [0.05, 0.1) is 0 Å². The molecule has 1 aliphatic carbocycles. The van der Waals surface area contributed by atoms with Gasteiger partial charge in [0, 0.05) is 41.1 Å². The summed E-state index contributed by atoms with van der Waals surface area (Å²) in [5, 5.41) is 6.29. The number of hydrogen-bond acceptors (Lipinski definition) is 4. The lowest BCUT2D eigenvalue weighted by molar-refractivity contribution is -0.117. The number of aromatic nitrogens is 1. The van der Waals surface area contributed by atoms with Gasteiger partial charge in [0.1, 0.15) is 5.82 Å². The molecule has 154 valence electrons. The molecule has 5 heteroatoms. The van der Waals surface area contributed by atoms with Gasteiger partial charge in [-0.05, 0) is 50.3 Å². The van der Waals surface area contributed by atoms with Gasteiger partial charge in [-0.3, -0.25) is 9.59 Å². The first-order valence-electron chi connectivity index (χ1n) is 10.4. The van der Waals surface area contributed by atoms with Crippen molar-refractivity contribution >= 4 is 17.5 Å². The minimum Gasteiger partial charge on any atom is -0.362 e. The van der Waals surface area contributed by atoms with Gasteiger partial charge >= 0.3 is 0 Å². The van der Waals surface area contributed by atoms with E-state index in [0.29, 0.717) is 23.7 Å². The van der Waals surface area contributed by atoms with Crippen LogP contribution in [0.15, 0.2) is 65.1 Å². The number of nitrogens with one attached hydrogen (secondary N) is 2. The zero-order chi connectivity index (χ0) is 21.4. The molecule has 2 aromatic rings. The lowest BCUT2D eigenvalue weighted by atomic mass is 9.73. The van der Waals surface area contributed by atoms with Crippen LogP contribution in [0.1, 0.15) is 49.3 Å². The van der Waals surface area contributed by atoms with Crippen LogP contribution in [0.25, 0.3) is 0 Å². The lowest BCUT2D eigenvalue weighted by Crippen LogP contribution is -2.37. The summed E-state index contributed by atoms with van der Waals surface area (Å²) < 4.78 is 0. The van der Waals surface area contributed by atoms with Crippen molar-refractivity contribution in [2.75, 3.05) is 5.32 Å². The molecular weight excluding hydrogens is 374 g/mol. The van der Waals surface area contributed by atoms with Gasteiger partial charge in [-0.25, -0.2) is 4.98 Å². The van der Waals surface area contributed by atoms with Crippen molar-refractivity contribution in [3.8, 4) is 0 Å². The summed E-state index contributed by atoms with van der Waals surface area (Å²) in [7, 11) is 0. The highest BCUT2D eigenvalue weighted by atomic mass is 16.2. The van der Waals surface area contributed by atoms with Crippen molar-refractivity contribution in [1.29, 1.82) is 0 Å². The second kappa shape index (κ2) is 7.90. The van der Waals surface area contributed by atoms with Crippen LogP contribution in [-0.2, 0) is 9.59 Å². The third kappa shape index (κ3) is 3.80. The van der Waals surface area contributed by atoms with E-state index in [0.717, 1.165) is 40.1 Å². The summed E-state index contributed by atoms with van der Waals surface area (Å²) in [6.45, 7) is 7.98. The molecule has 2 atom stereocenters. The zero-order valence-electron chi connectivity index (χ0n) is 17.9. The molecule has 0 saturated carbocycles. The van der Waals surface area contributed by atoms with Crippen LogP contribution < -0.4 is 10.6 Å². The van der Waals surface area contributed by atoms with E-state index in [9.17, 15) is 9.59 Å². The Bertz CT molecular complexity index is 1060. The Morgan fingerprint density at radius 1 is 1.03 bits per heavy atom. The summed E-state index contributed by atoms with van der Waals surface area (Å²) >= 11 is 0. The lowest BCUT2D eigenvalue weighted by Gasteiger charge is -2.36. The van der Waals surface area contributed by atoms with Crippen molar-refractivity contribution in [3.63, 3.8) is 0 Å². The number of Topliss-reactive ketones (excluding diaryl/α,β-unsaturated/α-hetero) is 1. The Kier molecular flexibility index (Phi) is 5.29. The third-order valence-electron chi connectivity index (χ3n) is 5.84. The van der Waals surface area contributed by atoms with Gasteiger partial charge in [-0.15, -0.1) is 0 Å². The number of aryl methyl sites for hydroxylation is 2. The first-order chi connectivity index (χ1) is 14.3. The number of hydrogen-bond donors (Lipinski definition) is 2. The molecule has 30 heavy (non-hydrogen) atoms. The highest BCUT2D eigenvalue weighted by Crippen LogP contribution is 2.43. The summed E-state index contributed by atoms with van der Waals surface area (Å²) in [4.78, 5) is 30.8. The molecule has 0 bridgehead atoms. The molecule has 2 unspecified atom stereocenters. The fraction of sp³-hybridized carbons (Fsp3) is 0.320. The molecule has 2 aliphatic rings. The Labute approximate surface area is 177 Å². The molecule has 5 nitrogen and oxygen atoms in total. The standard InChI is InChI=1S/C25H27N3O2/c1-14-5-8-18(9-6-14)23-22(25(30)28-21-10-7-15(2)13-26-21)17(4)27-19-11-16(3)12-20(29)24(19)23/h5-10,13,16,23,27H,11-12H2,1-4H3,(H,26,28,30). The molecule has 2 heterocycles. The average molecular weight is 402 g/mol. The van der Waals surface area contributed by atoms with Crippen molar-refractivity contribution in [1.82, 2.24) is 10.3 Å². The first-order valence-corrected chi connectivity index (χ1v) is 10.4. The smallest absolute Gasteiger partial charge is 0.255 e. The van der Waals surface area contributed by atoms with Crippen molar-refractivity contribution in [2.45, 2.75) is 46.5 Å². The van der Waals surface area contributed by atoms with E-state index in [2.05, 4.69) is 22.5 Å². The van der Waals surface area contributed by atoms with Crippen LogP contribution in [0.2, 0.25) is 0 Å². The molecular formula is C25H27N3O2. The van der Waals surface area contributed by atoms with Crippen LogP contribution in [0.3, 0.4) is 0 Å². The molecule has 0 saturated heterocycles. The number of benzene rings is 1. The molecule has 4 rings (SSSR count). The first kappa shape index (κ1) is 20.1. The van der Waals surface area contributed by atoms with Crippen molar-refractivity contribution in [2.24, 2.45) is 5.92 Å². The average Bonchev–Trinajstić information content (AvgIpc) is 2.69. The molecule has 2 N–H and O–H groups in total. The zero-order valence-corrected chi connectivity index (χ0v) is 17.9. The Morgan fingerprint density at radius 2 is 1.73 bits per heavy atom. The molecule has 0 spiro atoms. The van der Waals surface area contributed by atoms with E-state index in [1.165, 1.54) is 0 Å². The molecule has 1 amide bonds. The summed E-state index contributed by atoms with van der Waals surface area (Å²) in [6, 6.07) is 11.8. The Morgan fingerprint density at radius 3 is 2.40 bits per heavy atom. The van der Waals surface area contributed by atoms with Crippen molar-refractivity contribution in [3.05, 3.63) is 81.8 Å². The largest absolute Gasteiger partial charge is 0.362 e. The minimum atomic E-state index is -0.382. The van der Waals surface area contributed by atoms with Crippen LogP contribution >= 0.6 is 0 Å². The highest BCUT2D eigenvalue weighted by molar-refractivity contribution is 6.09. The maximum Gasteiger partial charge on any atom is 0.255 e. The van der Waals surface area contributed by atoms with Gasteiger partial charge < -0.3 is 10.6 Å². The number of anilines is 1. The number of dihydropyridines is 1. The number of pyridine rings is 1. The fourth-order valence-corrected chi connectivity index (χ4v) is 4.35. The van der Waals surface area contributed by atoms with Gasteiger partial charge in [0.25, 0.3) is 5.91 Å². The summed E-state index contributed by atoms with van der Waals surface area (Å²) in [5.74, 6) is 0.291. The second-order valence-electron chi connectivity index (χ2n) is 8.51. The molecule has 1 aliphatic heterocycles. The van der Waals surface area contributed by atoms with E-state index in [4.69, 9.17) is 0 Å². The monoisotopic (exact) mass is 401 g/mol. The topological polar surface area (TPSA) is 71.1 Å². The number of nitrogens with zero attached hydrogens (tertiary/aromatic N) is 1. The normalized spacial score (nSPS) is 21.3. The highest BCUT2D eigenvalue weighted by Gasteiger charge is 2.39. The molecule has 0 fully saturated rings. The van der Waals surface area contributed by atoms with E-state index in [1.54, 1.807) is 12.3 Å². The van der Waals surface area contributed by atoms with E-state index >= 15 is 0 Å². The van der Waals surface area contributed by atoms with Crippen LogP contribution in [-0.4, -0.2) is 16.7 Å². The third-order valence-corrected chi connectivity index (χ3v) is 5.84. The van der Waals surface area contributed by atoms with Gasteiger partial charge in [0.2, 0.25) is 0 Å². The maximum atomic E-state index is 13.4. The van der Waals surface area contributed by atoms with E-state index in [-0.39, 0.29) is 17.6 Å². The van der Waals surface area contributed by atoms with Crippen LogP contribution in [0.4, 0.5) is 5.82 Å². The minimum absolute atomic E-state index is 0.119. The predicted molar refractivity (Wildman–Crippen MR) is 118 cm³/mol. The number of carbonyl (C=O) groups is 2. The predicted octanol–water partition coefficient (Wildman–Crippen LogP) is 4.55. The number of rotatable bonds is 3.